The van der Waals surface area contributed by atoms with Gasteiger partial charge in [0.15, 0.2) is 0 Å². The summed E-state index contributed by atoms with van der Waals surface area (Å²) in [6.07, 6.45) is 8.27. The van der Waals surface area contributed by atoms with Gasteiger partial charge in [0.1, 0.15) is 0 Å². The number of hydrogen-bond donors (Lipinski definition) is 1. The van der Waals surface area contributed by atoms with E-state index in [0.717, 1.165) is 24.7 Å². The number of carbonyl (C=O) groups is 1. The fourth-order valence-electron chi connectivity index (χ4n) is 5.28. The molecule has 0 atom stereocenters. The Morgan fingerprint density at radius 3 is 2.34 bits per heavy atom. The highest BCUT2D eigenvalue weighted by molar-refractivity contribution is 5.91. The molecule has 0 spiro atoms. The SMILES string of the molecule is Cc1ccc(-c2ccc(NC(=O)CCCN3CCC(N4CCCCC4)CC3)cc2C)cc1. The Hall–Kier alpha value is -2.17. The molecule has 4 heteroatoms. The maximum Gasteiger partial charge on any atom is 0.224 e. The highest BCUT2D eigenvalue weighted by atomic mass is 16.1. The molecule has 0 aliphatic carbocycles. The second kappa shape index (κ2) is 11.1. The summed E-state index contributed by atoms with van der Waals surface area (Å²) in [4.78, 5) is 17.8. The third-order valence-corrected chi connectivity index (χ3v) is 7.22. The molecule has 1 N–H and O–H groups in total. The molecular weight excluding hydrogens is 394 g/mol. The lowest BCUT2D eigenvalue weighted by Gasteiger charge is -2.40. The van der Waals surface area contributed by atoms with E-state index in [1.807, 2.05) is 6.07 Å². The van der Waals surface area contributed by atoms with Crippen LogP contribution < -0.4 is 5.32 Å². The Kier molecular flexibility index (Phi) is 7.99. The van der Waals surface area contributed by atoms with Gasteiger partial charge in [0.2, 0.25) is 5.91 Å². The van der Waals surface area contributed by atoms with Crippen LogP contribution in [0, 0.1) is 13.8 Å². The van der Waals surface area contributed by atoms with Crippen molar-refractivity contribution in [2.45, 2.75) is 64.8 Å². The number of carbonyl (C=O) groups excluding carboxylic acids is 1. The Bertz CT molecular complexity index is 878. The van der Waals surface area contributed by atoms with Gasteiger partial charge in [-0.15, -0.1) is 0 Å². The molecule has 2 aromatic rings. The molecule has 32 heavy (non-hydrogen) atoms. The molecule has 172 valence electrons. The minimum absolute atomic E-state index is 0.121. The first-order chi connectivity index (χ1) is 15.6. The van der Waals surface area contributed by atoms with Crippen LogP contribution in [0.15, 0.2) is 42.5 Å². The molecule has 0 aromatic heterocycles. The lowest BCUT2D eigenvalue weighted by Crippen LogP contribution is -2.46. The van der Waals surface area contributed by atoms with Gasteiger partial charge in [0, 0.05) is 18.2 Å². The molecule has 0 bridgehead atoms. The van der Waals surface area contributed by atoms with E-state index in [9.17, 15) is 4.79 Å². The van der Waals surface area contributed by atoms with Crippen LogP contribution in [-0.2, 0) is 4.79 Å². The summed E-state index contributed by atoms with van der Waals surface area (Å²) in [6.45, 7) is 10.2. The van der Waals surface area contributed by atoms with Crippen LogP contribution in [0.2, 0.25) is 0 Å². The molecule has 2 aliphatic rings. The molecule has 2 fully saturated rings. The molecule has 2 aromatic carbocycles. The summed E-state index contributed by atoms with van der Waals surface area (Å²) >= 11 is 0. The van der Waals surface area contributed by atoms with Crippen molar-refractivity contribution in [1.82, 2.24) is 9.80 Å². The molecule has 0 unspecified atom stereocenters. The van der Waals surface area contributed by atoms with Crippen molar-refractivity contribution in [2.75, 3.05) is 38.0 Å². The van der Waals surface area contributed by atoms with Crippen molar-refractivity contribution >= 4 is 11.6 Å². The molecule has 4 rings (SSSR count). The fourth-order valence-corrected chi connectivity index (χ4v) is 5.28. The van der Waals surface area contributed by atoms with E-state index in [4.69, 9.17) is 0 Å². The summed E-state index contributed by atoms with van der Waals surface area (Å²) in [5, 5.41) is 3.09. The zero-order valence-electron chi connectivity index (χ0n) is 19.9. The van der Waals surface area contributed by atoms with Gasteiger partial charge in [-0.25, -0.2) is 0 Å². The van der Waals surface area contributed by atoms with Gasteiger partial charge in [-0.3, -0.25) is 4.79 Å². The predicted octanol–water partition coefficient (Wildman–Crippen LogP) is 5.64. The van der Waals surface area contributed by atoms with Crippen LogP contribution in [0.3, 0.4) is 0 Å². The van der Waals surface area contributed by atoms with Crippen molar-refractivity contribution in [1.29, 1.82) is 0 Å². The maximum absolute atomic E-state index is 12.5. The number of benzene rings is 2. The van der Waals surface area contributed by atoms with Crippen molar-refractivity contribution in [3.63, 3.8) is 0 Å². The van der Waals surface area contributed by atoms with Gasteiger partial charge < -0.3 is 15.1 Å². The average molecular weight is 434 g/mol. The largest absolute Gasteiger partial charge is 0.326 e. The number of nitrogens with zero attached hydrogens (tertiary/aromatic N) is 2. The number of rotatable bonds is 7. The minimum atomic E-state index is 0.121. The van der Waals surface area contributed by atoms with E-state index in [2.05, 4.69) is 65.4 Å². The number of piperidine rings is 2. The molecule has 4 nitrogen and oxygen atoms in total. The Labute approximate surface area is 194 Å². The van der Waals surface area contributed by atoms with E-state index in [1.165, 1.54) is 80.5 Å². The maximum atomic E-state index is 12.5. The number of anilines is 1. The second-order valence-corrected chi connectivity index (χ2v) is 9.72. The first-order valence-corrected chi connectivity index (χ1v) is 12.5. The van der Waals surface area contributed by atoms with Crippen molar-refractivity contribution in [3.05, 3.63) is 53.6 Å². The Morgan fingerprint density at radius 1 is 0.938 bits per heavy atom. The van der Waals surface area contributed by atoms with E-state index >= 15 is 0 Å². The van der Waals surface area contributed by atoms with Crippen LogP contribution in [0.1, 0.15) is 56.1 Å². The van der Waals surface area contributed by atoms with Gasteiger partial charge in [-0.2, -0.15) is 0 Å². The Morgan fingerprint density at radius 2 is 1.66 bits per heavy atom. The second-order valence-electron chi connectivity index (χ2n) is 9.72. The molecule has 2 heterocycles. The highest BCUT2D eigenvalue weighted by Gasteiger charge is 2.25. The topological polar surface area (TPSA) is 35.6 Å². The quantitative estimate of drug-likeness (QED) is 0.614. The van der Waals surface area contributed by atoms with Crippen LogP contribution in [0.4, 0.5) is 5.69 Å². The standard InChI is InChI=1S/C28H39N3O/c1-22-8-10-24(11-9-22)27-13-12-25(21-23(27)2)29-28(32)7-6-16-30-19-14-26(15-20-30)31-17-4-3-5-18-31/h8-13,21,26H,3-7,14-20H2,1-2H3,(H,29,32). The summed E-state index contributed by atoms with van der Waals surface area (Å²) in [5.41, 5.74) is 5.78. The molecule has 0 radical (unpaired) electrons. The third-order valence-electron chi connectivity index (χ3n) is 7.22. The van der Waals surface area contributed by atoms with Gasteiger partial charge >= 0.3 is 0 Å². The predicted molar refractivity (Wildman–Crippen MR) is 134 cm³/mol. The number of amides is 1. The van der Waals surface area contributed by atoms with Crippen LogP contribution in [0.5, 0.6) is 0 Å². The van der Waals surface area contributed by atoms with Crippen LogP contribution in [-0.4, -0.2) is 54.5 Å². The smallest absolute Gasteiger partial charge is 0.224 e. The highest BCUT2D eigenvalue weighted by Crippen LogP contribution is 2.26. The lowest BCUT2D eigenvalue weighted by molar-refractivity contribution is -0.116. The van der Waals surface area contributed by atoms with Crippen molar-refractivity contribution in [3.8, 4) is 11.1 Å². The molecule has 1 amide bonds. The number of hydrogen-bond acceptors (Lipinski definition) is 3. The zero-order valence-corrected chi connectivity index (χ0v) is 19.9. The van der Waals surface area contributed by atoms with E-state index in [-0.39, 0.29) is 5.91 Å². The monoisotopic (exact) mass is 433 g/mol. The van der Waals surface area contributed by atoms with Gasteiger partial charge in [0.25, 0.3) is 0 Å². The Balaban J connectivity index is 1.18. The number of aryl methyl sites for hydroxylation is 2. The van der Waals surface area contributed by atoms with Crippen molar-refractivity contribution < 1.29 is 4.79 Å². The van der Waals surface area contributed by atoms with Gasteiger partial charge in [-0.1, -0.05) is 42.3 Å². The van der Waals surface area contributed by atoms with E-state index < -0.39 is 0 Å². The third kappa shape index (κ3) is 6.20. The molecular formula is C28H39N3O. The molecule has 2 saturated heterocycles. The first-order valence-electron chi connectivity index (χ1n) is 12.5. The van der Waals surface area contributed by atoms with Gasteiger partial charge in [0.05, 0.1) is 0 Å². The van der Waals surface area contributed by atoms with Gasteiger partial charge in [-0.05, 0) is 107 Å². The summed E-state index contributed by atoms with van der Waals surface area (Å²) < 4.78 is 0. The summed E-state index contributed by atoms with van der Waals surface area (Å²) in [7, 11) is 0. The molecule has 0 saturated carbocycles. The number of likely N-dealkylation sites (tertiary alicyclic amines) is 2. The van der Waals surface area contributed by atoms with Crippen LogP contribution in [0.25, 0.3) is 11.1 Å². The first kappa shape index (κ1) is 23.0. The van der Waals surface area contributed by atoms with Crippen molar-refractivity contribution in [2.24, 2.45) is 0 Å². The zero-order chi connectivity index (χ0) is 22.3. The molecule has 2 aliphatic heterocycles. The summed E-state index contributed by atoms with van der Waals surface area (Å²) in [5.74, 6) is 0.121. The average Bonchev–Trinajstić information content (AvgIpc) is 2.81. The minimum Gasteiger partial charge on any atom is -0.326 e. The lowest BCUT2D eigenvalue weighted by atomic mass is 9.99. The van der Waals surface area contributed by atoms with E-state index in [1.54, 1.807) is 0 Å². The number of nitrogens with one attached hydrogen (secondary N) is 1. The summed E-state index contributed by atoms with van der Waals surface area (Å²) in [6, 6.07) is 15.6. The van der Waals surface area contributed by atoms with E-state index in [0.29, 0.717) is 6.42 Å². The fraction of sp³-hybridized carbons (Fsp3) is 0.536. The normalized spacial score (nSPS) is 18.6. The van der Waals surface area contributed by atoms with Crippen LogP contribution >= 0.6 is 0 Å².